The second kappa shape index (κ2) is 9.88. The molecule has 0 bridgehead atoms. The normalized spacial score (nSPS) is 13.6. The number of hydrogen-bond acceptors (Lipinski definition) is 6. The molecule has 5 rings (SSSR count). The van der Waals surface area contributed by atoms with Gasteiger partial charge in [-0.1, -0.05) is 12.1 Å². The lowest BCUT2D eigenvalue weighted by atomic mass is 10.1. The minimum Gasteiger partial charge on any atom is -0.368 e. The van der Waals surface area contributed by atoms with E-state index in [0.29, 0.717) is 31.7 Å². The number of hydrogen-bond donors (Lipinski definition) is 1. The SMILES string of the molecule is O=C(c1cc(Cn2c(=O)[nH]c(=O)c3c(F)cccc32)ccc1F)N1CCN(c2ccc([N+](=O)[O-])cc2)CC1. The quantitative estimate of drug-likeness (QED) is 0.319. The van der Waals surface area contributed by atoms with E-state index in [0.717, 1.165) is 22.4 Å². The fourth-order valence-corrected chi connectivity index (χ4v) is 4.60. The largest absolute Gasteiger partial charge is 0.368 e. The van der Waals surface area contributed by atoms with Crippen LogP contribution < -0.4 is 16.1 Å². The average Bonchev–Trinajstić information content (AvgIpc) is 2.91. The van der Waals surface area contributed by atoms with Crippen LogP contribution >= 0.6 is 0 Å². The molecule has 0 unspecified atom stereocenters. The van der Waals surface area contributed by atoms with Crippen LogP contribution in [0, 0.1) is 21.7 Å². The van der Waals surface area contributed by atoms with Gasteiger partial charge >= 0.3 is 5.69 Å². The van der Waals surface area contributed by atoms with Crippen molar-refractivity contribution in [2.24, 2.45) is 0 Å². The Labute approximate surface area is 213 Å². The first-order valence-corrected chi connectivity index (χ1v) is 11.7. The molecular weight excluding hydrogens is 500 g/mol. The first-order chi connectivity index (χ1) is 18.2. The first-order valence-electron chi connectivity index (χ1n) is 11.7. The number of anilines is 1. The number of carbonyl (C=O) groups is 1. The predicted molar refractivity (Wildman–Crippen MR) is 136 cm³/mol. The van der Waals surface area contributed by atoms with Gasteiger partial charge in [-0.2, -0.15) is 0 Å². The van der Waals surface area contributed by atoms with Crippen LogP contribution in [-0.4, -0.2) is 51.5 Å². The summed E-state index contributed by atoms with van der Waals surface area (Å²) in [5.74, 6) is -2.01. The van der Waals surface area contributed by atoms with Gasteiger partial charge < -0.3 is 9.80 Å². The molecule has 0 atom stereocenters. The van der Waals surface area contributed by atoms with Crippen molar-refractivity contribution >= 4 is 28.2 Å². The predicted octanol–water partition coefficient (Wildman–Crippen LogP) is 2.89. The molecule has 1 aromatic heterocycles. The Hall–Kier alpha value is -4.87. The van der Waals surface area contributed by atoms with Gasteiger partial charge in [0.15, 0.2) is 0 Å². The summed E-state index contributed by atoms with van der Waals surface area (Å²) in [5, 5.41) is 10.6. The third-order valence-electron chi connectivity index (χ3n) is 6.57. The lowest BCUT2D eigenvalue weighted by Gasteiger charge is -2.36. The molecule has 1 amide bonds. The van der Waals surface area contributed by atoms with E-state index in [2.05, 4.69) is 4.98 Å². The lowest BCUT2D eigenvalue weighted by Crippen LogP contribution is -2.49. The zero-order valence-electron chi connectivity index (χ0n) is 19.9. The molecule has 1 saturated heterocycles. The maximum Gasteiger partial charge on any atom is 0.329 e. The van der Waals surface area contributed by atoms with E-state index >= 15 is 0 Å². The van der Waals surface area contributed by atoms with Crippen LogP contribution in [0.25, 0.3) is 10.9 Å². The van der Waals surface area contributed by atoms with Crippen molar-refractivity contribution in [3.8, 4) is 0 Å². The number of fused-ring (bicyclic) bond motifs is 1. The van der Waals surface area contributed by atoms with Gasteiger partial charge in [0.25, 0.3) is 17.2 Å². The number of amides is 1. The summed E-state index contributed by atoms with van der Waals surface area (Å²) in [6.07, 6.45) is 0. The van der Waals surface area contributed by atoms with Crippen molar-refractivity contribution in [3.05, 3.63) is 114 Å². The zero-order valence-corrected chi connectivity index (χ0v) is 19.9. The van der Waals surface area contributed by atoms with E-state index in [9.17, 15) is 33.3 Å². The molecule has 3 aromatic carbocycles. The number of H-pyrrole nitrogens is 1. The molecule has 0 aliphatic carbocycles. The van der Waals surface area contributed by atoms with E-state index in [4.69, 9.17) is 0 Å². The van der Waals surface area contributed by atoms with Gasteiger partial charge in [0.05, 0.1) is 27.9 Å². The van der Waals surface area contributed by atoms with Crippen molar-refractivity contribution in [3.63, 3.8) is 0 Å². The third-order valence-corrected chi connectivity index (χ3v) is 6.57. The van der Waals surface area contributed by atoms with E-state index in [1.54, 1.807) is 12.1 Å². The standard InChI is InChI=1S/C26H21F2N5O5/c27-20-9-4-16(15-32-22-3-1-2-21(28)23(22)24(34)29-26(32)36)14-19(20)25(35)31-12-10-30(11-13-31)17-5-7-18(8-6-17)33(37)38/h1-9,14H,10-13,15H2,(H,29,34,36). The number of nitro groups is 1. The van der Waals surface area contributed by atoms with Crippen molar-refractivity contribution < 1.29 is 18.5 Å². The smallest absolute Gasteiger partial charge is 0.329 e. The van der Waals surface area contributed by atoms with Gasteiger partial charge in [0.2, 0.25) is 0 Å². The number of piperazine rings is 1. The molecule has 0 spiro atoms. The van der Waals surface area contributed by atoms with Gasteiger partial charge in [-0.15, -0.1) is 0 Å². The van der Waals surface area contributed by atoms with Crippen molar-refractivity contribution in [2.45, 2.75) is 6.54 Å². The number of nitrogens with one attached hydrogen (secondary N) is 1. The molecule has 0 saturated carbocycles. The van der Waals surface area contributed by atoms with Crippen LogP contribution in [0.15, 0.2) is 70.3 Å². The van der Waals surface area contributed by atoms with Crippen molar-refractivity contribution in [2.75, 3.05) is 31.1 Å². The Morgan fingerprint density at radius 2 is 1.66 bits per heavy atom. The number of aromatic amines is 1. The fourth-order valence-electron chi connectivity index (χ4n) is 4.60. The van der Waals surface area contributed by atoms with E-state index in [1.165, 1.54) is 41.3 Å². The minimum atomic E-state index is -0.845. The maximum absolute atomic E-state index is 14.7. The molecule has 1 aliphatic rings. The zero-order chi connectivity index (χ0) is 27.0. The molecule has 12 heteroatoms. The van der Waals surface area contributed by atoms with Crippen LogP contribution in [0.3, 0.4) is 0 Å². The molecule has 10 nitrogen and oxygen atoms in total. The average molecular weight is 521 g/mol. The Balaban J connectivity index is 1.35. The number of nitrogens with zero attached hydrogens (tertiary/aromatic N) is 4. The minimum absolute atomic E-state index is 0.0137. The summed E-state index contributed by atoms with van der Waals surface area (Å²) in [6.45, 7) is 1.40. The highest BCUT2D eigenvalue weighted by Gasteiger charge is 2.25. The number of rotatable bonds is 5. The van der Waals surface area contributed by atoms with Crippen LogP contribution in [0.1, 0.15) is 15.9 Å². The Bertz CT molecular complexity index is 1670. The van der Waals surface area contributed by atoms with Crippen molar-refractivity contribution in [1.29, 1.82) is 0 Å². The number of benzene rings is 3. The first kappa shape index (κ1) is 24.8. The summed E-state index contributed by atoms with van der Waals surface area (Å²) in [6, 6.07) is 14.0. The number of aromatic nitrogens is 2. The molecular formula is C26H21F2N5O5. The second-order valence-electron chi connectivity index (χ2n) is 8.85. The van der Waals surface area contributed by atoms with Gasteiger partial charge in [-0.25, -0.2) is 13.6 Å². The molecule has 0 radical (unpaired) electrons. The van der Waals surface area contributed by atoms with Crippen LogP contribution in [-0.2, 0) is 6.54 Å². The number of non-ortho nitro benzene ring substituents is 1. The van der Waals surface area contributed by atoms with Gasteiger partial charge in [0, 0.05) is 44.0 Å². The topological polar surface area (TPSA) is 122 Å². The summed E-state index contributed by atoms with van der Waals surface area (Å²) < 4.78 is 30.1. The van der Waals surface area contributed by atoms with Crippen LogP contribution in [0.4, 0.5) is 20.2 Å². The Morgan fingerprint density at radius 1 is 0.947 bits per heavy atom. The second-order valence-corrected chi connectivity index (χ2v) is 8.85. The van der Waals surface area contributed by atoms with Crippen LogP contribution in [0.5, 0.6) is 0 Å². The molecule has 4 aromatic rings. The van der Waals surface area contributed by atoms with E-state index in [1.807, 2.05) is 4.90 Å². The van der Waals surface area contributed by atoms with Crippen molar-refractivity contribution in [1.82, 2.24) is 14.5 Å². The molecule has 194 valence electrons. The van der Waals surface area contributed by atoms with Crippen LogP contribution in [0.2, 0.25) is 0 Å². The van der Waals surface area contributed by atoms with Gasteiger partial charge in [-0.3, -0.25) is 29.3 Å². The third kappa shape index (κ3) is 4.63. The van der Waals surface area contributed by atoms with Gasteiger partial charge in [0.1, 0.15) is 11.6 Å². The van der Waals surface area contributed by atoms with E-state index < -0.39 is 33.7 Å². The highest BCUT2D eigenvalue weighted by atomic mass is 19.1. The molecule has 38 heavy (non-hydrogen) atoms. The van der Waals surface area contributed by atoms with E-state index in [-0.39, 0.29) is 28.7 Å². The number of halogens is 2. The molecule has 1 N–H and O–H groups in total. The maximum atomic E-state index is 14.7. The molecule has 1 aliphatic heterocycles. The lowest BCUT2D eigenvalue weighted by molar-refractivity contribution is -0.384. The fraction of sp³-hybridized carbons (Fsp3) is 0.192. The highest BCUT2D eigenvalue weighted by molar-refractivity contribution is 5.95. The molecule has 2 heterocycles. The highest BCUT2D eigenvalue weighted by Crippen LogP contribution is 2.22. The summed E-state index contributed by atoms with van der Waals surface area (Å²) in [7, 11) is 0. The monoisotopic (exact) mass is 521 g/mol. The Kier molecular flexibility index (Phi) is 6.45. The van der Waals surface area contributed by atoms with Gasteiger partial charge in [-0.05, 0) is 42.0 Å². The summed E-state index contributed by atoms with van der Waals surface area (Å²) >= 11 is 0. The number of nitro benzene ring substituents is 1. The number of carbonyl (C=O) groups excluding carboxylic acids is 1. The summed E-state index contributed by atoms with van der Waals surface area (Å²) in [5.41, 5.74) is -0.502. The summed E-state index contributed by atoms with van der Waals surface area (Å²) in [4.78, 5) is 53.8. The Morgan fingerprint density at radius 3 is 2.34 bits per heavy atom. The molecule has 1 fully saturated rings.